The van der Waals surface area contributed by atoms with Gasteiger partial charge >= 0.3 is 0 Å². The SMILES string of the molecule is CC(CN)CCN1CCSC(C)(C)CC1. The van der Waals surface area contributed by atoms with Gasteiger partial charge in [0.15, 0.2) is 0 Å². The Kier molecular flexibility index (Phi) is 5.44. The molecule has 0 aromatic carbocycles. The third kappa shape index (κ3) is 5.23. The molecule has 1 rings (SSSR count). The third-order valence-electron chi connectivity index (χ3n) is 3.27. The number of hydrogen-bond donors (Lipinski definition) is 1. The van der Waals surface area contributed by atoms with Crippen molar-refractivity contribution in [3.8, 4) is 0 Å². The molecule has 3 heteroatoms. The standard InChI is InChI=1S/C12H26N2S/c1-11(10-13)4-6-14-7-5-12(2,3)15-9-8-14/h11H,4-10,13H2,1-3H3. The van der Waals surface area contributed by atoms with Gasteiger partial charge in [0.1, 0.15) is 0 Å². The van der Waals surface area contributed by atoms with E-state index in [2.05, 4.69) is 37.4 Å². The minimum atomic E-state index is 0.480. The monoisotopic (exact) mass is 230 g/mol. The smallest absolute Gasteiger partial charge is 0.0116 e. The summed E-state index contributed by atoms with van der Waals surface area (Å²) < 4.78 is 0.480. The minimum Gasteiger partial charge on any atom is -0.330 e. The van der Waals surface area contributed by atoms with Crippen LogP contribution in [0.4, 0.5) is 0 Å². The summed E-state index contributed by atoms with van der Waals surface area (Å²) in [6.45, 7) is 11.6. The molecule has 1 atom stereocenters. The van der Waals surface area contributed by atoms with E-state index in [0.29, 0.717) is 10.7 Å². The predicted molar refractivity (Wildman–Crippen MR) is 70.4 cm³/mol. The van der Waals surface area contributed by atoms with Gasteiger partial charge in [0, 0.05) is 17.0 Å². The zero-order valence-electron chi connectivity index (χ0n) is 10.5. The first kappa shape index (κ1) is 13.3. The van der Waals surface area contributed by atoms with Crippen LogP contribution in [0.3, 0.4) is 0 Å². The first-order chi connectivity index (χ1) is 7.03. The van der Waals surface area contributed by atoms with Gasteiger partial charge in [0.2, 0.25) is 0 Å². The van der Waals surface area contributed by atoms with Crippen LogP contribution < -0.4 is 5.73 Å². The fraction of sp³-hybridized carbons (Fsp3) is 1.00. The Morgan fingerprint density at radius 2 is 2.13 bits per heavy atom. The maximum absolute atomic E-state index is 5.64. The van der Waals surface area contributed by atoms with Gasteiger partial charge < -0.3 is 10.6 Å². The van der Waals surface area contributed by atoms with Crippen LogP contribution in [0.2, 0.25) is 0 Å². The first-order valence-electron chi connectivity index (χ1n) is 6.10. The van der Waals surface area contributed by atoms with Crippen molar-refractivity contribution in [3.05, 3.63) is 0 Å². The lowest BCUT2D eigenvalue weighted by Gasteiger charge is -2.23. The molecule has 1 aliphatic heterocycles. The summed E-state index contributed by atoms with van der Waals surface area (Å²) in [5, 5.41) is 0. The van der Waals surface area contributed by atoms with Crippen LogP contribution in [0.15, 0.2) is 0 Å². The van der Waals surface area contributed by atoms with Crippen LogP contribution in [0.25, 0.3) is 0 Å². The lowest BCUT2D eigenvalue weighted by molar-refractivity contribution is 0.265. The molecule has 1 fully saturated rings. The normalized spacial score (nSPS) is 24.8. The highest BCUT2D eigenvalue weighted by atomic mass is 32.2. The molecule has 0 amide bonds. The summed E-state index contributed by atoms with van der Waals surface area (Å²) >= 11 is 2.12. The molecule has 2 nitrogen and oxygen atoms in total. The summed E-state index contributed by atoms with van der Waals surface area (Å²) in [7, 11) is 0. The van der Waals surface area contributed by atoms with Crippen molar-refractivity contribution in [2.24, 2.45) is 11.7 Å². The fourth-order valence-electron chi connectivity index (χ4n) is 1.81. The summed E-state index contributed by atoms with van der Waals surface area (Å²) in [5.74, 6) is 1.96. The first-order valence-corrected chi connectivity index (χ1v) is 7.08. The van der Waals surface area contributed by atoms with Gasteiger partial charge in [0.05, 0.1) is 0 Å². The molecule has 0 radical (unpaired) electrons. The van der Waals surface area contributed by atoms with Crippen LogP contribution in [0.1, 0.15) is 33.6 Å². The zero-order valence-corrected chi connectivity index (χ0v) is 11.3. The van der Waals surface area contributed by atoms with Crippen LogP contribution in [0, 0.1) is 5.92 Å². The van der Waals surface area contributed by atoms with E-state index in [1.54, 1.807) is 0 Å². The molecule has 2 N–H and O–H groups in total. The summed E-state index contributed by atoms with van der Waals surface area (Å²) in [5.41, 5.74) is 5.64. The largest absolute Gasteiger partial charge is 0.330 e. The topological polar surface area (TPSA) is 29.3 Å². The summed E-state index contributed by atoms with van der Waals surface area (Å²) in [4.78, 5) is 2.61. The van der Waals surface area contributed by atoms with E-state index >= 15 is 0 Å². The Labute approximate surface area is 99.0 Å². The zero-order chi connectivity index (χ0) is 11.3. The molecule has 0 bridgehead atoms. The number of hydrogen-bond acceptors (Lipinski definition) is 3. The maximum Gasteiger partial charge on any atom is 0.0116 e. The Hall–Kier alpha value is 0.270. The molecule has 0 aromatic rings. The number of thioether (sulfide) groups is 1. The Morgan fingerprint density at radius 3 is 2.80 bits per heavy atom. The highest BCUT2D eigenvalue weighted by Crippen LogP contribution is 2.30. The van der Waals surface area contributed by atoms with Gasteiger partial charge in [-0.25, -0.2) is 0 Å². The van der Waals surface area contributed by atoms with Gasteiger partial charge in [0.25, 0.3) is 0 Å². The Bertz CT molecular complexity index is 182. The second-order valence-electron chi connectivity index (χ2n) is 5.33. The van der Waals surface area contributed by atoms with Gasteiger partial charge in [-0.2, -0.15) is 11.8 Å². The minimum absolute atomic E-state index is 0.480. The van der Waals surface area contributed by atoms with Crippen molar-refractivity contribution in [2.75, 3.05) is 31.9 Å². The molecule has 0 aliphatic carbocycles. The highest BCUT2D eigenvalue weighted by molar-refractivity contribution is 8.00. The molecule has 1 heterocycles. The van der Waals surface area contributed by atoms with Crippen LogP contribution in [0.5, 0.6) is 0 Å². The molecule has 0 spiro atoms. The van der Waals surface area contributed by atoms with Gasteiger partial charge in [-0.3, -0.25) is 0 Å². The van der Waals surface area contributed by atoms with E-state index in [4.69, 9.17) is 5.73 Å². The fourth-order valence-corrected chi connectivity index (χ4v) is 2.94. The quantitative estimate of drug-likeness (QED) is 0.803. The van der Waals surface area contributed by atoms with Crippen molar-refractivity contribution in [3.63, 3.8) is 0 Å². The van der Waals surface area contributed by atoms with Crippen LogP contribution in [-0.4, -0.2) is 41.6 Å². The molecule has 1 unspecified atom stereocenters. The van der Waals surface area contributed by atoms with Crippen molar-refractivity contribution in [2.45, 2.75) is 38.4 Å². The molecule has 1 saturated heterocycles. The Morgan fingerprint density at radius 1 is 1.40 bits per heavy atom. The summed E-state index contributed by atoms with van der Waals surface area (Å²) in [6, 6.07) is 0. The van der Waals surface area contributed by atoms with Crippen molar-refractivity contribution in [1.82, 2.24) is 4.90 Å². The van der Waals surface area contributed by atoms with E-state index in [9.17, 15) is 0 Å². The van der Waals surface area contributed by atoms with Gasteiger partial charge in [-0.05, 0) is 38.4 Å². The average Bonchev–Trinajstić information content (AvgIpc) is 2.36. The van der Waals surface area contributed by atoms with Crippen molar-refractivity contribution < 1.29 is 0 Å². The molecule has 1 aliphatic rings. The Balaban J connectivity index is 2.26. The lowest BCUT2D eigenvalue weighted by atomic mass is 10.1. The van der Waals surface area contributed by atoms with E-state index in [-0.39, 0.29) is 0 Å². The molecular formula is C12H26N2S. The van der Waals surface area contributed by atoms with E-state index in [1.807, 2.05) is 0 Å². The number of nitrogens with zero attached hydrogens (tertiary/aromatic N) is 1. The van der Waals surface area contributed by atoms with Crippen LogP contribution in [-0.2, 0) is 0 Å². The summed E-state index contributed by atoms with van der Waals surface area (Å²) in [6.07, 6.45) is 2.57. The second kappa shape index (κ2) is 6.12. The molecule has 0 saturated carbocycles. The predicted octanol–water partition coefficient (Wildman–Crippen LogP) is 2.19. The van der Waals surface area contributed by atoms with Gasteiger partial charge in [-0.15, -0.1) is 0 Å². The highest BCUT2D eigenvalue weighted by Gasteiger charge is 2.23. The van der Waals surface area contributed by atoms with Crippen molar-refractivity contribution >= 4 is 11.8 Å². The third-order valence-corrected chi connectivity index (χ3v) is 4.64. The molecule has 0 aromatic heterocycles. The second-order valence-corrected chi connectivity index (χ2v) is 7.13. The number of rotatable bonds is 4. The average molecular weight is 230 g/mol. The van der Waals surface area contributed by atoms with E-state index < -0.39 is 0 Å². The van der Waals surface area contributed by atoms with Crippen LogP contribution >= 0.6 is 11.8 Å². The van der Waals surface area contributed by atoms with Crippen molar-refractivity contribution in [1.29, 1.82) is 0 Å². The molecular weight excluding hydrogens is 204 g/mol. The van der Waals surface area contributed by atoms with Gasteiger partial charge in [-0.1, -0.05) is 20.8 Å². The molecule has 15 heavy (non-hydrogen) atoms. The number of nitrogens with two attached hydrogens (primary N) is 1. The van der Waals surface area contributed by atoms with E-state index in [0.717, 1.165) is 6.54 Å². The maximum atomic E-state index is 5.64. The van der Waals surface area contributed by atoms with E-state index in [1.165, 1.54) is 38.2 Å². The molecule has 90 valence electrons. The lowest BCUT2D eigenvalue weighted by Crippen LogP contribution is -2.30.